The van der Waals surface area contributed by atoms with Crippen molar-refractivity contribution >= 4 is 33.4 Å². The SMILES string of the molecule is COc1ccc(N2C(=O)N[C@H](CCC(=O)N[C@@H]3CCS(=O)(=O)C3)C2=O)cc1. The van der Waals surface area contributed by atoms with Crippen molar-refractivity contribution in [1.29, 1.82) is 0 Å². The number of methoxy groups -OCH3 is 1. The molecule has 9 nitrogen and oxygen atoms in total. The molecule has 2 heterocycles. The number of carbonyl (C=O) groups is 3. The number of carbonyl (C=O) groups excluding carboxylic acids is 3. The number of amides is 4. The van der Waals surface area contributed by atoms with Gasteiger partial charge in [0.1, 0.15) is 11.8 Å². The maximum atomic E-state index is 12.5. The molecule has 2 N–H and O–H groups in total. The molecular formula is C17H21N3O6S. The Morgan fingerprint density at radius 1 is 1.30 bits per heavy atom. The molecule has 2 aliphatic heterocycles. The number of anilines is 1. The Bertz CT molecular complexity index is 852. The number of urea groups is 1. The summed E-state index contributed by atoms with van der Waals surface area (Å²) in [5.41, 5.74) is 0.418. The minimum atomic E-state index is -3.07. The number of ether oxygens (including phenoxy) is 1. The highest BCUT2D eigenvalue weighted by Crippen LogP contribution is 2.23. The summed E-state index contributed by atoms with van der Waals surface area (Å²) in [5, 5.41) is 5.24. The fourth-order valence-electron chi connectivity index (χ4n) is 3.19. The van der Waals surface area contributed by atoms with E-state index in [4.69, 9.17) is 4.74 Å². The first kappa shape index (κ1) is 19.2. The number of benzene rings is 1. The maximum Gasteiger partial charge on any atom is 0.329 e. The Morgan fingerprint density at radius 2 is 2.00 bits per heavy atom. The van der Waals surface area contributed by atoms with Gasteiger partial charge in [0.2, 0.25) is 5.91 Å². The van der Waals surface area contributed by atoms with Crippen LogP contribution in [0.2, 0.25) is 0 Å². The molecule has 1 aromatic rings. The van der Waals surface area contributed by atoms with Gasteiger partial charge in [-0.2, -0.15) is 0 Å². The standard InChI is InChI=1S/C17H21N3O6S/c1-26-13-4-2-12(3-5-13)20-16(22)14(19-17(20)23)6-7-15(21)18-11-8-9-27(24,25)10-11/h2-5,11,14H,6-10H2,1H3,(H,18,21)(H,19,23)/t11-,14-/m1/s1. The van der Waals surface area contributed by atoms with E-state index in [1.165, 1.54) is 7.11 Å². The molecule has 4 amide bonds. The highest BCUT2D eigenvalue weighted by molar-refractivity contribution is 7.91. The van der Waals surface area contributed by atoms with E-state index in [0.717, 1.165) is 4.90 Å². The molecule has 146 valence electrons. The molecule has 0 radical (unpaired) electrons. The zero-order chi connectivity index (χ0) is 19.6. The van der Waals surface area contributed by atoms with Gasteiger partial charge in [0.05, 0.1) is 24.3 Å². The van der Waals surface area contributed by atoms with Crippen LogP contribution in [0.3, 0.4) is 0 Å². The van der Waals surface area contributed by atoms with Gasteiger partial charge in [0.25, 0.3) is 5.91 Å². The smallest absolute Gasteiger partial charge is 0.329 e. The summed E-state index contributed by atoms with van der Waals surface area (Å²) in [6, 6.07) is 4.78. The number of nitrogens with one attached hydrogen (secondary N) is 2. The Morgan fingerprint density at radius 3 is 2.59 bits per heavy atom. The number of sulfone groups is 1. The second-order valence-corrected chi connectivity index (χ2v) is 8.81. The lowest BCUT2D eigenvalue weighted by atomic mass is 10.1. The molecule has 2 saturated heterocycles. The van der Waals surface area contributed by atoms with Crippen LogP contribution in [0.25, 0.3) is 0 Å². The van der Waals surface area contributed by atoms with Crippen LogP contribution in [-0.2, 0) is 19.4 Å². The summed E-state index contributed by atoms with van der Waals surface area (Å²) in [7, 11) is -1.55. The Labute approximate surface area is 157 Å². The number of imide groups is 1. The molecule has 10 heteroatoms. The predicted molar refractivity (Wildman–Crippen MR) is 97.2 cm³/mol. The van der Waals surface area contributed by atoms with Crippen LogP contribution in [0.5, 0.6) is 5.75 Å². The van der Waals surface area contributed by atoms with Crippen molar-refractivity contribution in [3.05, 3.63) is 24.3 Å². The summed E-state index contributed by atoms with van der Waals surface area (Å²) in [4.78, 5) is 37.7. The molecule has 0 aliphatic carbocycles. The third-order valence-electron chi connectivity index (χ3n) is 4.61. The van der Waals surface area contributed by atoms with Crippen molar-refractivity contribution < 1.29 is 27.5 Å². The molecule has 2 fully saturated rings. The van der Waals surface area contributed by atoms with E-state index in [0.29, 0.717) is 17.9 Å². The summed E-state index contributed by atoms with van der Waals surface area (Å²) in [6.07, 6.45) is 0.560. The third kappa shape index (κ3) is 4.38. The third-order valence-corrected chi connectivity index (χ3v) is 6.38. The first-order valence-corrected chi connectivity index (χ1v) is 10.4. The van der Waals surface area contributed by atoms with E-state index in [2.05, 4.69) is 10.6 Å². The molecule has 27 heavy (non-hydrogen) atoms. The minimum absolute atomic E-state index is 0.0175. The highest BCUT2D eigenvalue weighted by atomic mass is 32.2. The normalized spacial score (nSPS) is 24.0. The number of rotatable bonds is 6. The molecule has 0 spiro atoms. The molecular weight excluding hydrogens is 374 g/mol. The van der Waals surface area contributed by atoms with Crippen molar-refractivity contribution in [2.45, 2.75) is 31.3 Å². The van der Waals surface area contributed by atoms with E-state index in [-0.39, 0.29) is 36.3 Å². The van der Waals surface area contributed by atoms with E-state index < -0.39 is 27.8 Å². The molecule has 0 aromatic heterocycles. The first-order valence-electron chi connectivity index (χ1n) is 8.57. The predicted octanol–water partition coefficient (Wildman–Crippen LogP) is 0.204. The quantitative estimate of drug-likeness (QED) is 0.664. The lowest BCUT2D eigenvalue weighted by Gasteiger charge is -2.14. The number of hydrogen-bond acceptors (Lipinski definition) is 6. The van der Waals surface area contributed by atoms with Crippen molar-refractivity contribution in [3.8, 4) is 5.75 Å². The summed E-state index contributed by atoms with van der Waals surface area (Å²) >= 11 is 0. The van der Waals surface area contributed by atoms with Gasteiger partial charge in [0.15, 0.2) is 9.84 Å². The fourth-order valence-corrected chi connectivity index (χ4v) is 4.86. The minimum Gasteiger partial charge on any atom is -0.497 e. The molecule has 0 bridgehead atoms. The summed E-state index contributed by atoms with van der Waals surface area (Å²) in [6.45, 7) is 0. The molecule has 0 unspecified atom stereocenters. The zero-order valence-electron chi connectivity index (χ0n) is 14.8. The Hall–Kier alpha value is -2.62. The fraction of sp³-hybridized carbons (Fsp3) is 0.471. The van der Waals surface area contributed by atoms with E-state index in [1.54, 1.807) is 24.3 Å². The van der Waals surface area contributed by atoms with E-state index in [1.807, 2.05) is 0 Å². The molecule has 0 saturated carbocycles. The lowest BCUT2D eigenvalue weighted by Crippen LogP contribution is -2.37. The van der Waals surface area contributed by atoms with Gasteiger partial charge in [-0.15, -0.1) is 0 Å². The highest BCUT2D eigenvalue weighted by Gasteiger charge is 2.39. The van der Waals surface area contributed by atoms with Crippen LogP contribution in [0.1, 0.15) is 19.3 Å². The van der Waals surface area contributed by atoms with Crippen LogP contribution in [0, 0.1) is 0 Å². The average molecular weight is 395 g/mol. The topological polar surface area (TPSA) is 122 Å². The monoisotopic (exact) mass is 395 g/mol. The number of nitrogens with zero attached hydrogens (tertiary/aromatic N) is 1. The molecule has 2 aliphatic rings. The lowest BCUT2D eigenvalue weighted by molar-refractivity contribution is -0.122. The summed E-state index contributed by atoms with van der Waals surface area (Å²) in [5.74, 6) is -0.133. The molecule has 3 rings (SSSR count). The Balaban J connectivity index is 1.54. The van der Waals surface area contributed by atoms with Gasteiger partial charge < -0.3 is 15.4 Å². The van der Waals surface area contributed by atoms with Crippen molar-refractivity contribution in [2.24, 2.45) is 0 Å². The van der Waals surface area contributed by atoms with Crippen LogP contribution < -0.4 is 20.3 Å². The van der Waals surface area contributed by atoms with Crippen molar-refractivity contribution in [1.82, 2.24) is 10.6 Å². The Kier molecular flexibility index (Phi) is 5.36. The molecule has 1 aromatic carbocycles. The maximum absolute atomic E-state index is 12.5. The van der Waals surface area contributed by atoms with Crippen LogP contribution in [0.4, 0.5) is 10.5 Å². The van der Waals surface area contributed by atoms with Crippen LogP contribution >= 0.6 is 0 Å². The van der Waals surface area contributed by atoms with Crippen molar-refractivity contribution in [3.63, 3.8) is 0 Å². The second kappa shape index (κ2) is 7.55. The second-order valence-electron chi connectivity index (χ2n) is 6.58. The van der Waals surface area contributed by atoms with Gasteiger partial charge in [-0.1, -0.05) is 0 Å². The van der Waals surface area contributed by atoms with Crippen LogP contribution in [0.15, 0.2) is 24.3 Å². The number of hydrogen-bond donors (Lipinski definition) is 2. The van der Waals surface area contributed by atoms with Gasteiger partial charge in [-0.3, -0.25) is 9.59 Å². The van der Waals surface area contributed by atoms with Gasteiger partial charge in [-0.25, -0.2) is 18.1 Å². The first-order chi connectivity index (χ1) is 12.8. The van der Waals surface area contributed by atoms with Gasteiger partial charge in [-0.05, 0) is 37.1 Å². The summed E-state index contributed by atoms with van der Waals surface area (Å²) < 4.78 is 27.9. The zero-order valence-corrected chi connectivity index (χ0v) is 15.6. The van der Waals surface area contributed by atoms with E-state index >= 15 is 0 Å². The van der Waals surface area contributed by atoms with Gasteiger partial charge >= 0.3 is 6.03 Å². The van der Waals surface area contributed by atoms with Gasteiger partial charge in [0, 0.05) is 12.5 Å². The van der Waals surface area contributed by atoms with Crippen molar-refractivity contribution in [2.75, 3.05) is 23.5 Å². The average Bonchev–Trinajstić information content (AvgIpc) is 3.11. The largest absolute Gasteiger partial charge is 0.497 e. The van der Waals surface area contributed by atoms with Crippen LogP contribution in [-0.4, -0.2) is 57.0 Å². The van der Waals surface area contributed by atoms with E-state index in [9.17, 15) is 22.8 Å². The molecule has 2 atom stereocenters.